The van der Waals surface area contributed by atoms with E-state index in [4.69, 9.17) is 10.5 Å². The Morgan fingerprint density at radius 2 is 1.67 bits per heavy atom. The lowest BCUT2D eigenvalue weighted by Crippen LogP contribution is -2.44. The molecule has 4 N–H and O–H groups in total. The quantitative estimate of drug-likeness (QED) is 0.265. The molecule has 39 heavy (non-hydrogen) atoms. The summed E-state index contributed by atoms with van der Waals surface area (Å²) in [5, 5.41) is 2.41. The van der Waals surface area contributed by atoms with Crippen LogP contribution < -0.4 is 27.2 Å². The molecular formula is C28H31N5O6. The highest BCUT2D eigenvalue weighted by molar-refractivity contribution is 6.01. The zero-order chi connectivity index (χ0) is 28.5. The van der Waals surface area contributed by atoms with Gasteiger partial charge >= 0.3 is 11.7 Å². The zero-order valence-corrected chi connectivity index (χ0v) is 22.0. The van der Waals surface area contributed by atoms with Gasteiger partial charge in [-0.05, 0) is 23.1 Å². The lowest BCUT2D eigenvalue weighted by Gasteiger charge is -2.26. The van der Waals surface area contributed by atoms with E-state index in [-0.39, 0.29) is 36.2 Å². The number of ether oxygens (including phenoxy) is 1. The minimum Gasteiger partial charge on any atom is -0.451 e. The Labute approximate surface area is 224 Å². The number of nitrogens with zero attached hydrogens (tertiary/aromatic N) is 2. The number of aromatic amines is 1. The number of aromatic nitrogens is 2. The maximum Gasteiger partial charge on any atom is 0.355 e. The summed E-state index contributed by atoms with van der Waals surface area (Å²) in [5.74, 6) is -2.48. The smallest absolute Gasteiger partial charge is 0.355 e. The SMILES string of the molecule is CC(=O)NC(=Cc1ccccc1)C(=O)OCC(=O)N(CC(C)C)c1c(N)n(Cc2ccccc2)c(=O)[nH]c1=O. The molecule has 0 spiro atoms. The van der Waals surface area contributed by atoms with Crippen molar-refractivity contribution in [2.45, 2.75) is 27.3 Å². The van der Waals surface area contributed by atoms with Crippen LogP contribution in [0.1, 0.15) is 31.9 Å². The molecule has 0 saturated carbocycles. The number of benzene rings is 2. The topological polar surface area (TPSA) is 157 Å². The Hall–Kier alpha value is -4.93. The zero-order valence-electron chi connectivity index (χ0n) is 22.0. The van der Waals surface area contributed by atoms with E-state index < -0.39 is 35.6 Å². The molecule has 1 heterocycles. The third-order valence-corrected chi connectivity index (χ3v) is 5.48. The van der Waals surface area contributed by atoms with E-state index >= 15 is 0 Å². The number of nitrogens with one attached hydrogen (secondary N) is 2. The molecule has 0 radical (unpaired) electrons. The Kier molecular flexibility index (Phi) is 9.58. The van der Waals surface area contributed by atoms with Gasteiger partial charge < -0.3 is 20.7 Å². The van der Waals surface area contributed by atoms with E-state index in [0.717, 1.165) is 15.0 Å². The number of carbonyl (C=O) groups is 3. The first-order valence-electron chi connectivity index (χ1n) is 12.2. The van der Waals surface area contributed by atoms with Crippen LogP contribution in [0, 0.1) is 5.92 Å². The van der Waals surface area contributed by atoms with Crippen molar-refractivity contribution < 1.29 is 19.1 Å². The fraction of sp³-hybridized carbons (Fsp3) is 0.250. The fourth-order valence-corrected chi connectivity index (χ4v) is 3.78. The third-order valence-electron chi connectivity index (χ3n) is 5.48. The second kappa shape index (κ2) is 13.0. The van der Waals surface area contributed by atoms with Gasteiger partial charge in [0.2, 0.25) is 5.91 Å². The average Bonchev–Trinajstić information content (AvgIpc) is 2.89. The molecule has 2 amide bonds. The Bertz CT molecular complexity index is 1480. The molecule has 11 heteroatoms. The first-order chi connectivity index (χ1) is 18.6. The van der Waals surface area contributed by atoms with Crippen LogP contribution in [0.2, 0.25) is 0 Å². The van der Waals surface area contributed by atoms with Crippen LogP contribution in [-0.2, 0) is 25.7 Å². The molecule has 204 valence electrons. The summed E-state index contributed by atoms with van der Waals surface area (Å²) >= 11 is 0. The average molecular weight is 534 g/mol. The number of nitrogens with two attached hydrogens (primary N) is 1. The molecular weight excluding hydrogens is 502 g/mol. The van der Waals surface area contributed by atoms with Gasteiger partial charge in [0.25, 0.3) is 11.5 Å². The third kappa shape index (κ3) is 7.78. The van der Waals surface area contributed by atoms with Crippen molar-refractivity contribution in [2.75, 3.05) is 23.8 Å². The summed E-state index contributed by atoms with van der Waals surface area (Å²) in [7, 11) is 0. The molecule has 1 aromatic heterocycles. The Morgan fingerprint density at radius 3 is 2.26 bits per heavy atom. The summed E-state index contributed by atoms with van der Waals surface area (Å²) < 4.78 is 6.38. The van der Waals surface area contributed by atoms with Gasteiger partial charge in [-0.15, -0.1) is 0 Å². The molecule has 0 atom stereocenters. The van der Waals surface area contributed by atoms with Crippen LogP contribution in [0.5, 0.6) is 0 Å². The largest absolute Gasteiger partial charge is 0.451 e. The number of H-pyrrole nitrogens is 1. The van der Waals surface area contributed by atoms with E-state index in [9.17, 15) is 24.0 Å². The van der Waals surface area contributed by atoms with Gasteiger partial charge in [0.05, 0.1) is 6.54 Å². The van der Waals surface area contributed by atoms with Gasteiger partial charge in [0.1, 0.15) is 11.5 Å². The van der Waals surface area contributed by atoms with Gasteiger partial charge in [-0.1, -0.05) is 74.5 Å². The first kappa shape index (κ1) is 28.6. The molecule has 0 unspecified atom stereocenters. The van der Waals surface area contributed by atoms with Crippen molar-refractivity contribution in [1.82, 2.24) is 14.9 Å². The van der Waals surface area contributed by atoms with E-state index in [2.05, 4.69) is 10.3 Å². The van der Waals surface area contributed by atoms with Crippen molar-refractivity contribution in [1.29, 1.82) is 0 Å². The predicted octanol–water partition coefficient (Wildman–Crippen LogP) is 1.88. The molecule has 3 aromatic rings. The molecule has 11 nitrogen and oxygen atoms in total. The van der Waals surface area contributed by atoms with Crippen LogP contribution >= 0.6 is 0 Å². The normalized spacial score (nSPS) is 11.2. The lowest BCUT2D eigenvalue weighted by molar-refractivity contribution is -0.144. The van der Waals surface area contributed by atoms with E-state index in [1.807, 2.05) is 19.9 Å². The fourth-order valence-electron chi connectivity index (χ4n) is 3.78. The number of nitrogen functional groups attached to an aromatic ring is 1. The van der Waals surface area contributed by atoms with Crippen LogP contribution in [0.15, 0.2) is 75.9 Å². The van der Waals surface area contributed by atoms with Gasteiger partial charge in [-0.25, -0.2) is 9.59 Å². The van der Waals surface area contributed by atoms with E-state index in [1.54, 1.807) is 54.6 Å². The standard InChI is InChI=1S/C28H31N5O6/c1-18(2)15-32(24-25(29)33(28(38)31-26(24)36)16-21-12-8-5-9-13-21)23(35)17-39-27(37)22(30-19(3)34)14-20-10-6-4-7-11-20/h4-14,18H,15-17,29H2,1-3H3,(H,30,34)(H,31,36,38). The maximum absolute atomic E-state index is 13.3. The van der Waals surface area contributed by atoms with Gasteiger partial charge in [0, 0.05) is 13.5 Å². The monoisotopic (exact) mass is 533 g/mol. The van der Waals surface area contributed by atoms with E-state index in [1.165, 1.54) is 13.0 Å². The number of esters is 1. The lowest BCUT2D eigenvalue weighted by atomic mass is 10.2. The maximum atomic E-state index is 13.3. The molecule has 0 bridgehead atoms. The van der Waals surface area contributed by atoms with Crippen LogP contribution in [0.4, 0.5) is 11.5 Å². The summed E-state index contributed by atoms with van der Waals surface area (Å²) in [4.78, 5) is 66.5. The molecule has 0 aliphatic rings. The summed E-state index contributed by atoms with van der Waals surface area (Å²) in [6.07, 6.45) is 1.42. The van der Waals surface area contributed by atoms with Gasteiger partial charge in [-0.2, -0.15) is 0 Å². The molecule has 0 aliphatic heterocycles. The Morgan fingerprint density at radius 1 is 1.05 bits per heavy atom. The summed E-state index contributed by atoms with van der Waals surface area (Å²) in [6.45, 7) is 4.28. The molecule has 0 aliphatic carbocycles. The van der Waals surface area contributed by atoms with Crippen LogP contribution in [-0.4, -0.2) is 40.5 Å². The van der Waals surface area contributed by atoms with Gasteiger partial charge in [-0.3, -0.25) is 23.9 Å². The van der Waals surface area contributed by atoms with Gasteiger partial charge in [0.15, 0.2) is 12.3 Å². The molecule has 0 saturated heterocycles. The number of carbonyl (C=O) groups excluding carboxylic acids is 3. The highest BCUT2D eigenvalue weighted by atomic mass is 16.5. The van der Waals surface area contributed by atoms with Crippen LogP contribution in [0.3, 0.4) is 0 Å². The summed E-state index contributed by atoms with van der Waals surface area (Å²) in [5.41, 5.74) is 5.72. The van der Waals surface area contributed by atoms with Crippen LogP contribution in [0.25, 0.3) is 6.08 Å². The number of hydrogen-bond acceptors (Lipinski definition) is 7. The summed E-state index contributed by atoms with van der Waals surface area (Å²) in [6, 6.07) is 17.8. The molecule has 3 rings (SSSR count). The van der Waals surface area contributed by atoms with Crippen molar-refractivity contribution in [3.8, 4) is 0 Å². The first-order valence-corrected chi connectivity index (χ1v) is 12.2. The number of anilines is 2. The Balaban J connectivity index is 1.90. The number of amides is 2. The highest BCUT2D eigenvalue weighted by Gasteiger charge is 2.26. The minimum absolute atomic E-state index is 0.0611. The number of rotatable bonds is 10. The number of hydrogen-bond donors (Lipinski definition) is 3. The highest BCUT2D eigenvalue weighted by Crippen LogP contribution is 2.20. The molecule has 2 aromatic carbocycles. The minimum atomic E-state index is -0.942. The predicted molar refractivity (Wildman–Crippen MR) is 148 cm³/mol. The van der Waals surface area contributed by atoms with Crippen molar-refractivity contribution >= 4 is 35.4 Å². The van der Waals surface area contributed by atoms with Crippen molar-refractivity contribution in [2.24, 2.45) is 5.92 Å². The van der Waals surface area contributed by atoms with Crippen molar-refractivity contribution in [3.63, 3.8) is 0 Å². The second-order valence-electron chi connectivity index (χ2n) is 9.19. The molecule has 0 fully saturated rings. The van der Waals surface area contributed by atoms with Crippen molar-refractivity contribution in [3.05, 3.63) is 98.3 Å². The second-order valence-corrected chi connectivity index (χ2v) is 9.19. The van der Waals surface area contributed by atoms with E-state index in [0.29, 0.717) is 5.56 Å².